The van der Waals surface area contributed by atoms with Gasteiger partial charge in [-0.1, -0.05) is 0 Å². The maximum atomic E-state index is 11.9. The summed E-state index contributed by atoms with van der Waals surface area (Å²) in [6, 6.07) is 0.343. The van der Waals surface area contributed by atoms with Gasteiger partial charge in [-0.25, -0.2) is 4.98 Å². The third-order valence-corrected chi connectivity index (χ3v) is 2.99. The molecule has 0 radical (unpaired) electrons. The van der Waals surface area contributed by atoms with E-state index in [1.807, 2.05) is 31.5 Å². The van der Waals surface area contributed by atoms with Gasteiger partial charge in [0, 0.05) is 17.8 Å². The van der Waals surface area contributed by atoms with Gasteiger partial charge in [-0.15, -0.1) is 0 Å². The van der Waals surface area contributed by atoms with E-state index in [4.69, 9.17) is 0 Å². The lowest BCUT2D eigenvalue weighted by Gasteiger charge is -2.21. The van der Waals surface area contributed by atoms with Gasteiger partial charge < -0.3 is 15.2 Å². The van der Waals surface area contributed by atoms with Crippen LogP contribution in [0.4, 0.5) is 0 Å². The topological polar surface area (TPSA) is 59.0 Å². The third-order valence-electron chi connectivity index (χ3n) is 2.99. The molecule has 1 unspecified atom stereocenters. The Kier molecular flexibility index (Phi) is 3.71. The molecule has 5 nitrogen and oxygen atoms in total. The molecule has 2 N–H and O–H groups in total. The Hall–Kier alpha value is -1.36. The van der Waals surface area contributed by atoms with E-state index < -0.39 is 0 Å². The van der Waals surface area contributed by atoms with Gasteiger partial charge in [0.1, 0.15) is 6.54 Å². The van der Waals surface area contributed by atoms with Gasteiger partial charge in [0.2, 0.25) is 5.91 Å². The van der Waals surface area contributed by atoms with Crippen LogP contribution in [0, 0.1) is 0 Å². The number of hydrogen-bond acceptors (Lipinski definition) is 3. The van der Waals surface area contributed by atoms with Gasteiger partial charge in [-0.05, 0) is 40.2 Å². The van der Waals surface area contributed by atoms with Crippen molar-refractivity contribution < 1.29 is 4.79 Å². The molecule has 0 saturated carbocycles. The first-order valence-electron chi connectivity index (χ1n) is 6.50. The zero-order valence-electron chi connectivity index (χ0n) is 11.4. The van der Waals surface area contributed by atoms with Crippen molar-refractivity contribution in [3.63, 3.8) is 0 Å². The Morgan fingerprint density at radius 3 is 3.00 bits per heavy atom. The van der Waals surface area contributed by atoms with E-state index in [0.29, 0.717) is 12.6 Å². The van der Waals surface area contributed by atoms with Crippen LogP contribution in [-0.4, -0.2) is 27.5 Å². The quantitative estimate of drug-likeness (QED) is 0.848. The highest BCUT2D eigenvalue weighted by Gasteiger charge is 2.21. The summed E-state index contributed by atoms with van der Waals surface area (Å²) in [5.41, 5.74) is 0.917. The largest absolute Gasteiger partial charge is 0.350 e. The standard InChI is InChI=1S/C13H22N4O/c1-13(2,3)16-12(18)8-17-9-14-7-11(17)10-5-4-6-15-10/h7,9-10,15H,4-6,8H2,1-3H3,(H,16,18). The van der Waals surface area contributed by atoms with Crippen LogP contribution in [0.15, 0.2) is 12.5 Å². The minimum Gasteiger partial charge on any atom is -0.350 e. The molecule has 0 spiro atoms. The molecule has 1 aromatic rings. The first-order chi connectivity index (χ1) is 8.46. The Labute approximate surface area is 108 Å². The van der Waals surface area contributed by atoms with E-state index >= 15 is 0 Å². The van der Waals surface area contributed by atoms with Gasteiger partial charge in [0.25, 0.3) is 0 Å². The monoisotopic (exact) mass is 250 g/mol. The Balaban J connectivity index is 2.01. The van der Waals surface area contributed by atoms with E-state index in [1.165, 1.54) is 6.42 Å². The molecule has 1 aliphatic rings. The highest BCUT2D eigenvalue weighted by Crippen LogP contribution is 2.22. The van der Waals surface area contributed by atoms with Crippen molar-refractivity contribution in [3.8, 4) is 0 Å². The smallest absolute Gasteiger partial charge is 0.240 e. The zero-order chi connectivity index (χ0) is 13.2. The predicted octanol–water partition coefficient (Wildman–Crippen LogP) is 1.22. The van der Waals surface area contributed by atoms with E-state index in [2.05, 4.69) is 15.6 Å². The summed E-state index contributed by atoms with van der Waals surface area (Å²) in [6.07, 6.45) is 5.89. The maximum absolute atomic E-state index is 11.9. The summed E-state index contributed by atoms with van der Waals surface area (Å²) in [6.45, 7) is 7.34. The summed E-state index contributed by atoms with van der Waals surface area (Å²) in [4.78, 5) is 16.1. The van der Waals surface area contributed by atoms with E-state index in [9.17, 15) is 4.79 Å². The molecular weight excluding hydrogens is 228 g/mol. The fraction of sp³-hybridized carbons (Fsp3) is 0.692. The molecule has 2 rings (SSSR count). The molecule has 0 bridgehead atoms. The minimum absolute atomic E-state index is 0.0275. The molecule has 0 aromatic carbocycles. The number of hydrogen-bond donors (Lipinski definition) is 2. The normalized spacial score (nSPS) is 20.1. The SMILES string of the molecule is CC(C)(C)NC(=O)Cn1cncc1C1CCCN1. The number of nitrogens with zero attached hydrogens (tertiary/aromatic N) is 2. The zero-order valence-corrected chi connectivity index (χ0v) is 11.4. The van der Waals surface area contributed by atoms with Crippen molar-refractivity contribution in [3.05, 3.63) is 18.2 Å². The molecular formula is C13H22N4O. The van der Waals surface area contributed by atoms with Crippen LogP contribution < -0.4 is 10.6 Å². The van der Waals surface area contributed by atoms with Crippen LogP contribution in [0.1, 0.15) is 45.3 Å². The first-order valence-corrected chi connectivity index (χ1v) is 6.50. The average Bonchev–Trinajstić information content (AvgIpc) is 2.82. The van der Waals surface area contributed by atoms with Crippen molar-refractivity contribution in [2.24, 2.45) is 0 Å². The number of carbonyl (C=O) groups is 1. The first kappa shape index (κ1) is 13.1. The number of imidazole rings is 1. The number of rotatable bonds is 3. The molecule has 2 heterocycles. The fourth-order valence-electron chi connectivity index (χ4n) is 2.30. The Morgan fingerprint density at radius 1 is 1.61 bits per heavy atom. The van der Waals surface area contributed by atoms with Crippen molar-refractivity contribution >= 4 is 5.91 Å². The molecule has 1 atom stereocenters. The second-order valence-electron chi connectivity index (χ2n) is 5.89. The van der Waals surface area contributed by atoms with Gasteiger partial charge >= 0.3 is 0 Å². The number of nitrogens with one attached hydrogen (secondary N) is 2. The van der Waals surface area contributed by atoms with Gasteiger partial charge in [-0.3, -0.25) is 4.79 Å². The number of amides is 1. The number of aromatic nitrogens is 2. The van der Waals surface area contributed by atoms with Crippen LogP contribution in [0.2, 0.25) is 0 Å². The molecule has 0 aliphatic carbocycles. The molecule has 1 amide bonds. The van der Waals surface area contributed by atoms with Crippen LogP contribution in [0.5, 0.6) is 0 Å². The molecule has 1 saturated heterocycles. The summed E-state index contributed by atoms with van der Waals surface area (Å²) in [7, 11) is 0. The predicted molar refractivity (Wildman–Crippen MR) is 70.1 cm³/mol. The van der Waals surface area contributed by atoms with Crippen molar-refractivity contribution in [2.45, 2.75) is 51.7 Å². The van der Waals surface area contributed by atoms with E-state index in [-0.39, 0.29) is 11.4 Å². The molecule has 1 aliphatic heterocycles. The lowest BCUT2D eigenvalue weighted by molar-refractivity contribution is -0.123. The van der Waals surface area contributed by atoms with Crippen LogP contribution >= 0.6 is 0 Å². The lowest BCUT2D eigenvalue weighted by Crippen LogP contribution is -2.42. The van der Waals surface area contributed by atoms with Crippen molar-refractivity contribution in [1.82, 2.24) is 20.2 Å². The van der Waals surface area contributed by atoms with E-state index in [0.717, 1.165) is 18.7 Å². The summed E-state index contributed by atoms with van der Waals surface area (Å²) in [5, 5.41) is 6.40. The second kappa shape index (κ2) is 5.10. The molecule has 1 aromatic heterocycles. The van der Waals surface area contributed by atoms with Gasteiger partial charge in [-0.2, -0.15) is 0 Å². The molecule has 18 heavy (non-hydrogen) atoms. The van der Waals surface area contributed by atoms with Gasteiger partial charge in [0.05, 0.1) is 12.0 Å². The summed E-state index contributed by atoms with van der Waals surface area (Å²) in [5.74, 6) is 0.0275. The Bertz CT molecular complexity index is 413. The third kappa shape index (κ3) is 3.32. The summed E-state index contributed by atoms with van der Waals surface area (Å²) < 4.78 is 1.93. The molecule has 100 valence electrons. The van der Waals surface area contributed by atoms with Crippen LogP contribution in [0.3, 0.4) is 0 Å². The van der Waals surface area contributed by atoms with Crippen LogP contribution in [-0.2, 0) is 11.3 Å². The lowest BCUT2D eigenvalue weighted by atomic mass is 10.1. The minimum atomic E-state index is -0.191. The highest BCUT2D eigenvalue weighted by atomic mass is 16.2. The van der Waals surface area contributed by atoms with Gasteiger partial charge in [0.15, 0.2) is 0 Å². The molecule has 5 heteroatoms. The number of carbonyl (C=O) groups excluding carboxylic acids is 1. The van der Waals surface area contributed by atoms with Crippen molar-refractivity contribution in [2.75, 3.05) is 6.54 Å². The molecule has 1 fully saturated rings. The average molecular weight is 250 g/mol. The second-order valence-corrected chi connectivity index (χ2v) is 5.89. The summed E-state index contributed by atoms with van der Waals surface area (Å²) >= 11 is 0. The maximum Gasteiger partial charge on any atom is 0.240 e. The van der Waals surface area contributed by atoms with Crippen LogP contribution in [0.25, 0.3) is 0 Å². The fourth-order valence-corrected chi connectivity index (χ4v) is 2.30. The van der Waals surface area contributed by atoms with E-state index in [1.54, 1.807) is 6.33 Å². The highest BCUT2D eigenvalue weighted by molar-refractivity contribution is 5.76. The van der Waals surface area contributed by atoms with Crippen molar-refractivity contribution in [1.29, 1.82) is 0 Å². The Morgan fingerprint density at radius 2 is 2.39 bits per heavy atom.